The Morgan fingerprint density at radius 3 is 1.20 bits per heavy atom. The molecule has 0 rings (SSSR count). The Morgan fingerprint density at radius 2 is 0.867 bits per heavy atom. The molecule has 0 saturated heterocycles. The maximum Gasteiger partial charge on any atom is 0.328 e. The highest BCUT2D eigenvalue weighted by atomic mass is 16.4. The smallest absolute Gasteiger partial charge is 0.328 e. The summed E-state index contributed by atoms with van der Waals surface area (Å²) in [7, 11) is 0. The minimum atomic E-state index is -0.881. The van der Waals surface area contributed by atoms with E-state index in [1.165, 1.54) is 141 Å². The van der Waals surface area contributed by atoms with Gasteiger partial charge in [0.2, 0.25) is 0 Å². The summed E-state index contributed by atoms with van der Waals surface area (Å²) in [6.07, 6.45) is 37.5. The highest BCUT2D eigenvalue weighted by Crippen LogP contribution is 2.15. The fourth-order valence-electron chi connectivity index (χ4n) is 4.01. The molecule has 176 valence electrons. The number of carbonyl (C=O) groups is 1. The summed E-state index contributed by atoms with van der Waals surface area (Å²) >= 11 is 0. The fraction of sp³-hybridized carbons (Fsp3) is 0.821. The van der Waals surface area contributed by atoms with Gasteiger partial charge in [-0.05, 0) is 12.8 Å². The van der Waals surface area contributed by atoms with E-state index < -0.39 is 5.97 Å². The molecule has 0 amide bonds. The van der Waals surface area contributed by atoms with Crippen molar-refractivity contribution in [2.45, 2.75) is 148 Å². The number of hydrogen-bond acceptors (Lipinski definition) is 1. The largest absolute Gasteiger partial charge is 0.478 e. The van der Waals surface area contributed by atoms with Gasteiger partial charge < -0.3 is 5.11 Å². The van der Waals surface area contributed by atoms with Crippen molar-refractivity contribution >= 4 is 5.97 Å². The Morgan fingerprint density at radius 1 is 0.533 bits per heavy atom. The zero-order valence-corrected chi connectivity index (χ0v) is 20.2. The van der Waals surface area contributed by atoms with Crippen LogP contribution in [-0.4, -0.2) is 11.1 Å². The van der Waals surface area contributed by atoms with Crippen LogP contribution in [0.15, 0.2) is 24.3 Å². The summed E-state index contributed by atoms with van der Waals surface area (Å²) in [5.74, 6) is -0.881. The van der Waals surface area contributed by atoms with Crippen LogP contribution in [0.1, 0.15) is 148 Å². The molecule has 0 aliphatic carbocycles. The molecule has 0 aromatic carbocycles. The van der Waals surface area contributed by atoms with Crippen molar-refractivity contribution in [2.24, 2.45) is 0 Å². The minimum Gasteiger partial charge on any atom is -0.478 e. The molecule has 0 unspecified atom stereocenters. The van der Waals surface area contributed by atoms with Crippen molar-refractivity contribution in [3.05, 3.63) is 24.3 Å². The molecule has 0 spiro atoms. The lowest BCUT2D eigenvalue weighted by molar-refractivity contribution is -0.131. The van der Waals surface area contributed by atoms with Gasteiger partial charge in [-0.2, -0.15) is 0 Å². The molecule has 0 aliphatic rings. The first-order valence-corrected chi connectivity index (χ1v) is 13.3. The van der Waals surface area contributed by atoms with E-state index in [2.05, 4.69) is 13.0 Å². The second kappa shape index (κ2) is 26.0. The molecule has 30 heavy (non-hydrogen) atoms. The van der Waals surface area contributed by atoms with E-state index in [0.29, 0.717) is 0 Å². The van der Waals surface area contributed by atoms with Crippen LogP contribution in [0.2, 0.25) is 0 Å². The summed E-state index contributed by atoms with van der Waals surface area (Å²) in [4.78, 5) is 10.3. The second-order valence-electron chi connectivity index (χ2n) is 8.99. The van der Waals surface area contributed by atoms with Gasteiger partial charge in [-0.3, -0.25) is 0 Å². The van der Waals surface area contributed by atoms with Gasteiger partial charge in [0.25, 0.3) is 0 Å². The van der Waals surface area contributed by atoms with Gasteiger partial charge in [-0.1, -0.05) is 154 Å². The van der Waals surface area contributed by atoms with Crippen LogP contribution in [-0.2, 0) is 4.79 Å². The van der Waals surface area contributed by atoms with Crippen LogP contribution in [0.25, 0.3) is 0 Å². The van der Waals surface area contributed by atoms with E-state index in [0.717, 1.165) is 6.42 Å². The maximum atomic E-state index is 10.3. The first-order chi connectivity index (χ1) is 14.8. The number of carboxylic acids is 1. The Balaban J connectivity index is 3.07. The van der Waals surface area contributed by atoms with Gasteiger partial charge in [0.1, 0.15) is 0 Å². The lowest BCUT2D eigenvalue weighted by Gasteiger charge is -2.04. The van der Waals surface area contributed by atoms with E-state index in [1.807, 2.05) is 6.08 Å². The summed E-state index contributed by atoms with van der Waals surface area (Å²) in [6, 6.07) is 0. The van der Waals surface area contributed by atoms with E-state index in [1.54, 1.807) is 6.08 Å². The standard InChI is InChI=1S/C28H52O2/c1-2-3-4-5-6-7-8-9-10-11-12-13-14-15-16-17-18-19-20-21-22-23-24-25-26-27-28(29)30/h24-27H,2-23H2,1H3,(H,29,30)/b25-24+,27-26+. The predicted octanol–water partition coefficient (Wildman–Crippen LogP) is 9.79. The Labute approximate surface area is 188 Å². The van der Waals surface area contributed by atoms with Crippen LogP contribution in [0.5, 0.6) is 0 Å². The maximum absolute atomic E-state index is 10.3. The number of allylic oxidation sites excluding steroid dienone is 3. The van der Waals surface area contributed by atoms with Crippen molar-refractivity contribution in [1.82, 2.24) is 0 Å². The van der Waals surface area contributed by atoms with Gasteiger partial charge in [-0.15, -0.1) is 0 Å². The summed E-state index contributed by atoms with van der Waals surface area (Å²) in [5, 5.41) is 8.48. The van der Waals surface area contributed by atoms with Crippen LogP contribution in [0.3, 0.4) is 0 Å². The van der Waals surface area contributed by atoms with E-state index in [9.17, 15) is 4.79 Å². The van der Waals surface area contributed by atoms with Crippen molar-refractivity contribution in [2.75, 3.05) is 0 Å². The predicted molar refractivity (Wildman–Crippen MR) is 133 cm³/mol. The third-order valence-electron chi connectivity index (χ3n) is 5.96. The van der Waals surface area contributed by atoms with Gasteiger partial charge in [-0.25, -0.2) is 4.79 Å². The highest BCUT2D eigenvalue weighted by Gasteiger charge is 1.95. The summed E-state index contributed by atoms with van der Waals surface area (Å²) in [5.41, 5.74) is 0. The number of unbranched alkanes of at least 4 members (excludes halogenated alkanes) is 21. The molecule has 0 aliphatic heterocycles. The van der Waals surface area contributed by atoms with Crippen molar-refractivity contribution < 1.29 is 9.90 Å². The molecule has 0 fully saturated rings. The molecule has 1 N–H and O–H groups in total. The van der Waals surface area contributed by atoms with E-state index in [-0.39, 0.29) is 0 Å². The van der Waals surface area contributed by atoms with Crippen LogP contribution >= 0.6 is 0 Å². The van der Waals surface area contributed by atoms with E-state index >= 15 is 0 Å². The average Bonchev–Trinajstić information content (AvgIpc) is 2.73. The minimum absolute atomic E-state index is 0.881. The third-order valence-corrected chi connectivity index (χ3v) is 5.96. The Bertz CT molecular complexity index is 397. The molecular weight excluding hydrogens is 368 g/mol. The molecule has 0 atom stereocenters. The van der Waals surface area contributed by atoms with Gasteiger partial charge in [0.15, 0.2) is 0 Å². The zero-order valence-electron chi connectivity index (χ0n) is 20.2. The molecule has 2 nitrogen and oxygen atoms in total. The Hall–Kier alpha value is -1.05. The zero-order chi connectivity index (χ0) is 22.0. The van der Waals surface area contributed by atoms with Crippen LogP contribution < -0.4 is 0 Å². The molecule has 0 radical (unpaired) electrons. The number of hydrogen-bond donors (Lipinski definition) is 1. The molecule has 0 saturated carbocycles. The third kappa shape index (κ3) is 27.0. The monoisotopic (exact) mass is 420 g/mol. The average molecular weight is 421 g/mol. The molecule has 0 bridgehead atoms. The summed E-state index contributed by atoms with van der Waals surface area (Å²) < 4.78 is 0. The molecule has 0 aromatic rings. The van der Waals surface area contributed by atoms with Gasteiger partial charge in [0.05, 0.1) is 0 Å². The highest BCUT2D eigenvalue weighted by molar-refractivity contribution is 5.80. The lowest BCUT2D eigenvalue weighted by atomic mass is 10.0. The number of carboxylic acid groups (broad SMARTS) is 1. The first-order valence-electron chi connectivity index (χ1n) is 13.3. The second-order valence-corrected chi connectivity index (χ2v) is 8.99. The van der Waals surface area contributed by atoms with Gasteiger partial charge in [0, 0.05) is 6.08 Å². The first kappa shape index (κ1) is 28.9. The normalized spacial score (nSPS) is 11.8. The van der Waals surface area contributed by atoms with Crippen molar-refractivity contribution in [3.8, 4) is 0 Å². The van der Waals surface area contributed by atoms with Gasteiger partial charge >= 0.3 is 5.97 Å². The number of rotatable bonds is 24. The molecule has 0 heterocycles. The topological polar surface area (TPSA) is 37.3 Å². The fourth-order valence-corrected chi connectivity index (χ4v) is 4.01. The molecular formula is C28H52O2. The van der Waals surface area contributed by atoms with E-state index in [4.69, 9.17) is 5.11 Å². The SMILES string of the molecule is CCCCCCCCCCCCCCCCCCCCCCC/C=C/C=C/C(=O)O. The van der Waals surface area contributed by atoms with Crippen LogP contribution in [0.4, 0.5) is 0 Å². The molecule has 2 heteroatoms. The quantitative estimate of drug-likeness (QED) is 0.0958. The van der Waals surface area contributed by atoms with Crippen molar-refractivity contribution in [1.29, 1.82) is 0 Å². The summed E-state index contributed by atoms with van der Waals surface area (Å²) in [6.45, 7) is 2.29. The lowest BCUT2D eigenvalue weighted by Crippen LogP contribution is -1.84. The molecule has 0 aromatic heterocycles. The van der Waals surface area contributed by atoms with Crippen molar-refractivity contribution in [3.63, 3.8) is 0 Å². The Kier molecular flexibility index (Phi) is 25.1. The number of aliphatic carboxylic acids is 1. The van der Waals surface area contributed by atoms with Crippen LogP contribution in [0, 0.1) is 0 Å².